The van der Waals surface area contributed by atoms with Gasteiger partial charge in [0.2, 0.25) is 0 Å². The van der Waals surface area contributed by atoms with Crippen LogP contribution in [0.1, 0.15) is 34.9 Å². The molecule has 0 aliphatic carbocycles. The van der Waals surface area contributed by atoms with Gasteiger partial charge < -0.3 is 10.6 Å². The molecule has 3 aromatic heterocycles. The second-order valence-electron chi connectivity index (χ2n) is 6.32. The van der Waals surface area contributed by atoms with Crippen LogP contribution in [-0.4, -0.2) is 43.3 Å². The molecule has 1 amide bonds. The summed E-state index contributed by atoms with van der Waals surface area (Å²) in [6.07, 6.45) is 11.0. The Labute approximate surface area is 163 Å². The Morgan fingerprint density at radius 2 is 2.22 bits per heavy atom. The number of carbonyl (C=O) groups is 1. The molecule has 1 unspecified atom stereocenters. The molecule has 142 valence electrons. The molecular weight excluding hydrogens is 366 g/mol. The maximum Gasteiger partial charge on any atom is 0.272 e. The zero-order chi connectivity index (χ0) is 17.8. The summed E-state index contributed by atoms with van der Waals surface area (Å²) in [5, 5.41) is 10.7. The second kappa shape index (κ2) is 8.79. The average molecular weight is 388 g/mol. The molecule has 8 nitrogen and oxygen atoms in total. The topological polar surface area (TPSA) is 89.7 Å². The van der Waals surface area contributed by atoms with Crippen molar-refractivity contribution in [3.8, 4) is 5.82 Å². The number of amides is 1. The van der Waals surface area contributed by atoms with Crippen molar-refractivity contribution in [3.63, 3.8) is 0 Å². The normalized spacial score (nSPS) is 16.5. The van der Waals surface area contributed by atoms with Gasteiger partial charge in [-0.1, -0.05) is 6.07 Å². The highest BCUT2D eigenvalue weighted by molar-refractivity contribution is 5.92. The fourth-order valence-electron chi connectivity index (χ4n) is 3.17. The molecule has 3 aromatic rings. The van der Waals surface area contributed by atoms with Crippen LogP contribution < -0.4 is 10.6 Å². The van der Waals surface area contributed by atoms with Crippen LogP contribution in [0.15, 0.2) is 49.3 Å². The highest BCUT2D eigenvalue weighted by Crippen LogP contribution is 2.16. The molecule has 1 atom stereocenters. The van der Waals surface area contributed by atoms with E-state index in [1.807, 2.05) is 33.8 Å². The monoisotopic (exact) mass is 387 g/mol. The summed E-state index contributed by atoms with van der Waals surface area (Å²) in [6.45, 7) is 2.32. The fourth-order valence-corrected chi connectivity index (χ4v) is 3.17. The summed E-state index contributed by atoms with van der Waals surface area (Å²) in [5.41, 5.74) is 1.35. The first-order valence-corrected chi connectivity index (χ1v) is 8.77. The highest BCUT2D eigenvalue weighted by atomic mass is 35.5. The number of hydrogen-bond acceptors (Lipinski definition) is 5. The zero-order valence-corrected chi connectivity index (χ0v) is 15.6. The molecule has 0 bridgehead atoms. The molecule has 1 fully saturated rings. The van der Waals surface area contributed by atoms with Crippen molar-refractivity contribution in [2.45, 2.75) is 25.4 Å². The Bertz CT molecular complexity index is 871. The predicted molar refractivity (Wildman–Crippen MR) is 103 cm³/mol. The van der Waals surface area contributed by atoms with Crippen molar-refractivity contribution in [2.24, 2.45) is 0 Å². The van der Waals surface area contributed by atoms with E-state index in [2.05, 4.69) is 25.7 Å². The van der Waals surface area contributed by atoms with Gasteiger partial charge in [0.15, 0.2) is 0 Å². The Kier molecular flexibility index (Phi) is 6.20. The summed E-state index contributed by atoms with van der Waals surface area (Å²) >= 11 is 0. The summed E-state index contributed by atoms with van der Waals surface area (Å²) < 4.78 is 3.72. The van der Waals surface area contributed by atoms with Crippen LogP contribution in [0.2, 0.25) is 0 Å². The Morgan fingerprint density at radius 3 is 3.00 bits per heavy atom. The lowest BCUT2D eigenvalue weighted by Crippen LogP contribution is -2.32. The van der Waals surface area contributed by atoms with Crippen molar-refractivity contribution in [3.05, 3.63) is 60.6 Å². The third-order valence-electron chi connectivity index (χ3n) is 4.54. The van der Waals surface area contributed by atoms with Gasteiger partial charge in [-0.15, -0.1) is 12.4 Å². The SMILES string of the molecule is Cl.O=C(NCc1cccnc1-n1ccnc1)c1ccn(C2CCCNC2)n1. The van der Waals surface area contributed by atoms with Gasteiger partial charge in [-0.2, -0.15) is 5.10 Å². The van der Waals surface area contributed by atoms with Gasteiger partial charge in [-0.05, 0) is 31.5 Å². The zero-order valence-electron chi connectivity index (χ0n) is 14.8. The molecule has 9 heteroatoms. The van der Waals surface area contributed by atoms with E-state index in [0.29, 0.717) is 18.3 Å². The van der Waals surface area contributed by atoms with Crippen molar-refractivity contribution in [1.29, 1.82) is 0 Å². The summed E-state index contributed by atoms with van der Waals surface area (Å²) in [4.78, 5) is 20.9. The molecule has 1 saturated heterocycles. The number of nitrogens with one attached hydrogen (secondary N) is 2. The standard InChI is InChI=1S/C18H21N7O.ClH/c26-18(16-5-9-25(23-16)15-4-2-6-19-12-15)22-11-14-3-1-7-21-17(14)24-10-8-20-13-24;/h1,3,5,7-10,13,15,19H,2,4,6,11-12H2,(H,22,26);1H. The number of pyridine rings is 1. The first-order chi connectivity index (χ1) is 12.8. The number of hydrogen-bond donors (Lipinski definition) is 2. The van der Waals surface area contributed by atoms with Crippen molar-refractivity contribution >= 4 is 18.3 Å². The molecule has 0 saturated carbocycles. The lowest BCUT2D eigenvalue weighted by atomic mass is 10.1. The van der Waals surface area contributed by atoms with Gasteiger partial charge in [-0.3, -0.25) is 14.0 Å². The quantitative estimate of drug-likeness (QED) is 0.696. The first-order valence-electron chi connectivity index (χ1n) is 8.77. The van der Waals surface area contributed by atoms with Gasteiger partial charge in [0.25, 0.3) is 5.91 Å². The van der Waals surface area contributed by atoms with E-state index >= 15 is 0 Å². The van der Waals surface area contributed by atoms with E-state index in [0.717, 1.165) is 37.3 Å². The van der Waals surface area contributed by atoms with Crippen molar-refractivity contribution in [2.75, 3.05) is 13.1 Å². The minimum Gasteiger partial charge on any atom is -0.346 e. The van der Waals surface area contributed by atoms with E-state index in [4.69, 9.17) is 0 Å². The maximum absolute atomic E-state index is 12.5. The first kappa shape index (κ1) is 19.1. The number of carbonyl (C=O) groups excluding carboxylic acids is 1. The largest absolute Gasteiger partial charge is 0.346 e. The molecule has 0 spiro atoms. The van der Waals surface area contributed by atoms with E-state index < -0.39 is 0 Å². The molecule has 0 radical (unpaired) electrons. The molecule has 2 N–H and O–H groups in total. The van der Waals surface area contributed by atoms with E-state index in [9.17, 15) is 4.79 Å². The minimum absolute atomic E-state index is 0. The smallest absolute Gasteiger partial charge is 0.272 e. The van der Waals surface area contributed by atoms with Crippen molar-refractivity contribution < 1.29 is 4.79 Å². The van der Waals surface area contributed by atoms with Gasteiger partial charge in [-0.25, -0.2) is 9.97 Å². The summed E-state index contributed by atoms with van der Waals surface area (Å²) in [6, 6.07) is 5.88. The van der Waals surface area contributed by atoms with Gasteiger partial charge in [0.05, 0.1) is 6.04 Å². The molecule has 4 rings (SSSR count). The van der Waals surface area contributed by atoms with Crippen LogP contribution in [0.25, 0.3) is 5.82 Å². The van der Waals surface area contributed by atoms with E-state index in [1.54, 1.807) is 24.8 Å². The van der Waals surface area contributed by atoms with Crippen LogP contribution in [-0.2, 0) is 6.54 Å². The lowest BCUT2D eigenvalue weighted by molar-refractivity contribution is 0.0944. The number of aromatic nitrogens is 5. The average Bonchev–Trinajstić information content (AvgIpc) is 3.39. The second-order valence-corrected chi connectivity index (χ2v) is 6.32. The molecule has 1 aliphatic heterocycles. The Morgan fingerprint density at radius 1 is 1.30 bits per heavy atom. The van der Waals surface area contributed by atoms with Gasteiger partial charge >= 0.3 is 0 Å². The number of imidazole rings is 1. The van der Waals surface area contributed by atoms with Gasteiger partial charge in [0.1, 0.15) is 17.8 Å². The highest BCUT2D eigenvalue weighted by Gasteiger charge is 2.18. The molecule has 27 heavy (non-hydrogen) atoms. The Balaban J connectivity index is 0.00000210. The van der Waals surface area contributed by atoms with Crippen LogP contribution >= 0.6 is 12.4 Å². The van der Waals surface area contributed by atoms with Crippen LogP contribution in [0, 0.1) is 0 Å². The lowest BCUT2D eigenvalue weighted by Gasteiger charge is -2.22. The van der Waals surface area contributed by atoms with Crippen molar-refractivity contribution in [1.82, 2.24) is 34.9 Å². The summed E-state index contributed by atoms with van der Waals surface area (Å²) in [7, 11) is 0. The Hall–Kier alpha value is -2.71. The predicted octanol–water partition coefficient (Wildman–Crippen LogP) is 1.74. The minimum atomic E-state index is -0.187. The molecular formula is C18H22ClN7O. The fraction of sp³-hybridized carbons (Fsp3) is 0.333. The third kappa shape index (κ3) is 4.35. The van der Waals surface area contributed by atoms with Crippen LogP contribution in [0.3, 0.4) is 0 Å². The third-order valence-corrected chi connectivity index (χ3v) is 4.54. The molecule has 0 aromatic carbocycles. The maximum atomic E-state index is 12.5. The number of rotatable bonds is 5. The molecule has 1 aliphatic rings. The number of halogens is 1. The van der Waals surface area contributed by atoms with E-state index in [1.165, 1.54) is 0 Å². The number of piperidine rings is 1. The van der Waals surface area contributed by atoms with Crippen LogP contribution in [0.4, 0.5) is 0 Å². The van der Waals surface area contributed by atoms with E-state index in [-0.39, 0.29) is 18.3 Å². The van der Waals surface area contributed by atoms with Gasteiger partial charge in [0, 0.05) is 43.4 Å². The summed E-state index contributed by atoms with van der Waals surface area (Å²) in [5.74, 6) is 0.567. The molecule has 4 heterocycles. The van der Waals surface area contributed by atoms with Crippen LogP contribution in [0.5, 0.6) is 0 Å². The number of nitrogens with zero attached hydrogens (tertiary/aromatic N) is 5.